The van der Waals surface area contributed by atoms with Crippen LogP contribution in [0.3, 0.4) is 0 Å². The number of nitrogen functional groups attached to an aromatic ring is 1. The first-order chi connectivity index (χ1) is 9.97. The molecule has 0 bridgehead atoms. The van der Waals surface area contributed by atoms with E-state index in [0.717, 1.165) is 33.8 Å². The maximum atomic E-state index is 6.07. The van der Waals surface area contributed by atoms with E-state index in [9.17, 15) is 0 Å². The summed E-state index contributed by atoms with van der Waals surface area (Å²) in [5, 5.41) is 0.934. The molecule has 0 spiro atoms. The van der Waals surface area contributed by atoms with Crippen molar-refractivity contribution in [3.8, 4) is 0 Å². The van der Waals surface area contributed by atoms with Gasteiger partial charge in [-0.2, -0.15) is 0 Å². The highest BCUT2D eigenvalue weighted by atomic mass is 15.1. The van der Waals surface area contributed by atoms with Crippen molar-refractivity contribution in [3.63, 3.8) is 0 Å². The molecule has 0 fully saturated rings. The molecule has 6 nitrogen and oxygen atoms in total. The highest BCUT2D eigenvalue weighted by Crippen LogP contribution is 2.28. The lowest BCUT2D eigenvalue weighted by Gasteiger charge is -2.08. The lowest BCUT2D eigenvalue weighted by Crippen LogP contribution is -2.07. The molecule has 0 radical (unpaired) electrons. The number of aryl methyl sites for hydroxylation is 3. The smallest absolute Gasteiger partial charge is 0.146 e. The SMILES string of the molecule is Cc1nccc(Cn2c(C)c(C)c3c(N)nc(C)nc32)n1. The second kappa shape index (κ2) is 4.80. The largest absolute Gasteiger partial charge is 0.383 e. The summed E-state index contributed by atoms with van der Waals surface area (Å²) in [6.45, 7) is 8.51. The molecule has 6 heteroatoms. The van der Waals surface area contributed by atoms with Crippen molar-refractivity contribution in [2.24, 2.45) is 0 Å². The Morgan fingerprint density at radius 1 is 1.05 bits per heavy atom. The Balaban J connectivity index is 2.20. The van der Waals surface area contributed by atoms with E-state index in [0.29, 0.717) is 18.2 Å². The van der Waals surface area contributed by atoms with Gasteiger partial charge in [0.15, 0.2) is 0 Å². The van der Waals surface area contributed by atoms with Crippen LogP contribution in [0.5, 0.6) is 0 Å². The molecule has 0 aromatic carbocycles. The minimum absolute atomic E-state index is 0.538. The summed E-state index contributed by atoms with van der Waals surface area (Å²) < 4.78 is 2.14. The monoisotopic (exact) mass is 282 g/mol. The highest BCUT2D eigenvalue weighted by Gasteiger charge is 2.16. The van der Waals surface area contributed by atoms with E-state index in [2.05, 4.69) is 38.4 Å². The van der Waals surface area contributed by atoms with Gasteiger partial charge < -0.3 is 10.3 Å². The lowest BCUT2D eigenvalue weighted by molar-refractivity contribution is 0.756. The minimum atomic E-state index is 0.538. The van der Waals surface area contributed by atoms with Gasteiger partial charge in [0.05, 0.1) is 17.6 Å². The van der Waals surface area contributed by atoms with Gasteiger partial charge in [-0.05, 0) is 39.3 Å². The van der Waals surface area contributed by atoms with Crippen LogP contribution >= 0.6 is 0 Å². The molecule has 3 aromatic rings. The van der Waals surface area contributed by atoms with Gasteiger partial charge in [-0.1, -0.05) is 0 Å². The fourth-order valence-electron chi connectivity index (χ4n) is 2.62. The molecule has 0 saturated heterocycles. The molecule has 3 aromatic heterocycles. The fourth-order valence-corrected chi connectivity index (χ4v) is 2.62. The number of rotatable bonds is 2. The topological polar surface area (TPSA) is 82.5 Å². The number of hydrogen-bond donors (Lipinski definition) is 1. The van der Waals surface area contributed by atoms with Gasteiger partial charge in [-0.25, -0.2) is 19.9 Å². The van der Waals surface area contributed by atoms with E-state index in [-0.39, 0.29) is 0 Å². The second-order valence-electron chi connectivity index (χ2n) is 5.25. The maximum Gasteiger partial charge on any atom is 0.146 e. The molecule has 108 valence electrons. The average molecular weight is 282 g/mol. The molecule has 0 saturated carbocycles. The number of nitrogens with zero attached hydrogens (tertiary/aromatic N) is 5. The van der Waals surface area contributed by atoms with Crippen LogP contribution < -0.4 is 5.73 Å². The predicted molar refractivity (Wildman–Crippen MR) is 82.0 cm³/mol. The fraction of sp³-hybridized carbons (Fsp3) is 0.333. The third kappa shape index (κ3) is 2.22. The first kappa shape index (κ1) is 13.5. The summed E-state index contributed by atoms with van der Waals surface area (Å²) in [5.74, 6) is 1.98. The van der Waals surface area contributed by atoms with Crippen LogP contribution in [0, 0.1) is 27.7 Å². The zero-order valence-corrected chi connectivity index (χ0v) is 12.7. The second-order valence-corrected chi connectivity index (χ2v) is 5.25. The van der Waals surface area contributed by atoms with E-state index in [4.69, 9.17) is 5.73 Å². The van der Waals surface area contributed by atoms with Crippen molar-refractivity contribution in [1.29, 1.82) is 0 Å². The van der Waals surface area contributed by atoms with E-state index in [1.165, 1.54) is 0 Å². The molecule has 0 atom stereocenters. The Bertz CT molecular complexity index is 834. The van der Waals surface area contributed by atoms with Crippen molar-refractivity contribution in [2.45, 2.75) is 34.2 Å². The molecule has 0 aliphatic carbocycles. The van der Waals surface area contributed by atoms with Gasteiger partial charge in [0.25, 0.3) is 0 Å². The molecule has 0 unspecified atom stereocenters. The Labute approximate surface area is 123 Å². The minimum Gasteiger partial charge on any atom is -0.383 e. The Kier molecular flexibility index (Phi) is 3.08. The normalized spacial score (nSPS) is 11.2. The standard InChI is InChI=1S/C15H18N6/c1-8-9(2)21(7-12-5-6-17-10(3)18-12)15-13(8)14(16)19-11(4)20-15/h5-6H,7H2,1-4H3,(H2,16,19,20). The van der Waals surface area contributed by atoms with Gasteiger partial charge >= 0.3 is 0 Å². The van der Waals surface area contributed by atoms with Crippen LogP contribution in [0.15, 0.2) is 12.3 Å². The number of anilines is 1. The molecule has 3 heterocycles. The summed E-state index contributed by atoms with van der Waals surface area (Å²) in [6.07, 6.45) is 1.78. The number of hydrogen-bond acceptors (Lipinski definition) is 5. The van der Waals surface area contributed by atoms with Crippen molar-refractivity contribution >= 4 is 16.9 Å². The van der Waals surface area contributed by atoms with Crippen LogP contribution in [0.4, 0.5) is 5.82 Å². The van der Waals surface area contributed by atoms with E-state index >= 15 is 0 Å². The third-order valence-electron chi connectivity index (χ3n) is 3.76. The van der Waals surface area contributed by atoms with E-state index in [1.807, 2.05) is 19.9 Å². The van der Waals surface area contributed by atoms with Crippen molar-refractivity contribution in [1.82, 2.24) is 24.5 Å². The van der Waals surface area contributed by atoms with Crippen molar-refractivity contribution in [2.75, 3.05) is 5.73 Å². The number of fused-ring (bicyclic) bond motifs is 1. The van der Waals surface area contributed by atoms with Gasteiger partial charge in [-0.15, -0.1) is 0 Å². The summed E-state index contributed by atoms with van der Waals surface area (Å²) in [7, 11) is 0. The zero-order valence-electron chi connectivity index (χ0n) is 12.7. The molecular formula is C15H18N6. The molecule has 0 aliphatic rings. The molecular weight excluding hydrogens is 264 g/mol. The van der Waals surface area contributed by atoms with Crippen LogP contribution in [0.1, 0.15) is 28.6 Å². The lowest BCUT2D eigenvalue weighted by atomic mass is 10.2. The first-order valence-corrected chi connectivity index (χ1v) is 6.85. The summed E-state index contributed by atoms with van der Waals surface area (Å²) in [5.41, 5.74) is 10.1. The number of aromatic nitrogens is 5. The Hall–Kier alpha value is -2.50. The van der Waals surface area contributed by atoms with Crippen molar-refractivity contribution < 1.29 is 0 Å². The van der Waals surface area contributed by atoms with Crippen LogP contribution in [-0.4, -0.2) is 24.5 Å². The van der Waals surface area contributed by atoms with Gasteiger partial charge in [0.1, 0.15) is 23.1 Å². The van der Waals surface area contributed by atoms with E-state index < -0.39 is 0 Å². The molecule has 2 N–H and O–H groups in total. The predicted octanol–water partition coefficient (Wildman–Crippen LogP) is 2.09. The molecule has 3 rings (SSSR count). The summed E-state index contributed by atoms with van der Waals surface area (Å²) in [6, 6.07) is 1.92. The molecule has 0 aliphatic heterocycles. The summed E-state index contributed by atoms with van der Waals surface area (Å²) >= 11 is 0. The van der Waals surface area contributed by atoms with E-state index in [1.54, 1.807) is 6.20 Å². The molecule has 21 heavy (non-hydrogen) atoms. The van der Waals surface area contributed by atoms with Crippen LogP contribution in [0.25, 0.3) is 11.0 Å². The van der Waals surface area contributed by atoms with Crippen LogP contribution in [0.2, 0.25) is 0 Å². The Morgan fingerprint density at radius 3 is 2.52 bits per heavy atom. The zero-order chi connectivity index (χ0) is 15.1. The van der Waals surface area contributed by atoms with Gasteiger partial charge in [0.2, 0.25) is 0 Å². The van der Waals surface area contributed by atoms with Gasteiger partial charge in [-0.3, -0.25) is 0 Å². The number of nitrogens with two attached hydrogens (primary N) is 1. The van der Waals surface area contributed by atoms with Crippen LogP contribution in [-0.2, 0) is 6.54 Å². The Morgan fingerprint density at radius 2 is 1.81 bits per heavy atom. The maximum absolute atomic E-state index is 6.07. The quantitative estimate of drug-likeness (QED) is 0.778. The third-order valence-corrected chi connectivity index (χ3v) is 3.76. The summed E-state index contributed by atoms with van der Waals surface area (Å²) in [4.78, 5) is 17.4. The van der Waals surface area contributed by atoms with Crippen molar-refractivity contribution in [3.05, 3.63) is 40.9 Å². The highest BCUT2D eigenvalue weighted by molar-refractivity contribution is 5.91. The average Bonchev–Trinajstić information content (AvgIpc) is 2.64. The molecule has 0 amide bonds. The van der Waals surface area contributed by atoms with Gasteiger partial charge in [0, 0.05) is 11.9 Å². The first-order valence-electron chi connectivity index (χ1n) is 6.85.